The van der Waals surface area contributed by atoms with E-state index in [0.717, 1.165) is 77.1 Å². The molecule has 0 aliphatic heterocycles. The zero-order valence-electron chi connectivity index (χ0n) is 30.0. The van der Waals surface area contributed by atoms with Crippen molar-refractivity contribution in [2.75, 3.05) is 0 Å². The molecule has 6 radical (unpaired) electrons. The van der Waals surface area contributed by atoms with Crippen LogP contribution in [0.3, 0.4) is 0 Å². The number of phenolic OH excluding ortho intramolecular Hbond substituents is 2. The number of aromatic hydroxyl groups is 2. The monoisotopic (exact) mass is 711 g/mol. The van der Waals surface area contributed by atoms with Crippen LogP contribution in [0.4, 0.5) is 0 Å². The topological polar surface area (TPSA) is 55.2 Å². The van der Waals surface area contributed by atoms with Crippen molar-refractivity contribution < 1.29 is 10.2 Å². The Hall–Kier alpha value is -7.05. The van der Waals surface area contributed by atoms with Gasteiger partial charge in [0.05, 0.1) is 44.5 Å². The number of hydrogen-bond acceptors (Lipinski definition) is 2. The van der Waals surface area contributed by atoms with Gasteiger partial charge in [-0.15, -0.1) is 0 Å². The zero-order valence-corrected chi connectivity index (χ0v) is 30.0. The number of hydrogen-bond donors (Lipinski definition) is 2. The quantitative estimate of drug-likeness (QED) is 0.180. The molecular formula is C48H28B3N3O2. The molecule has 2 N–H and O–H groups in total. The predicted octanol–water partition coefficient (Wildman–Crippen LogP) is 8.44. The fourth-order valence-electron chi connectivity index (χ4n) is 8.84. The summed E-state index contributed by atoms with van der Waals surface area (Å²) in [6.07, 6.45) is 0. The molecule has 8 aromatic carbocycles. The summed E-state index contributed by atoms with van der Waals surface area (Å²) in [6, 6.07) is 55.4. The van der Waals surface area contributed by atoms with E-state index in [1.807, 2.05) is 34.9 Å². The van der Waals surface area contributed by atoms with Crippen LogP contribution in [0, 0.1) is 0 Å². The van der Waals surface area contributed by atoms with Crippen LogP contribution in [-0.4, -0.2) is 47.5 Å². The van der Waals surface area contributed by atoms with Gasteiger partial charge in [-0.2, -0.15) is 0 Å². The number of rotatable bonds is 4. The minimum Gasteiger partial charge on any atom is -0.509 e. The van der Waals surface area contributed by atoms with E-state index in [1.54, 1.807) is 0 Å². The van der Waals surface area contributed by atoms with Crippen molar-refractivity contribution in [3.05, 3.63) is 158 Å². The highest BCUT2D eigenvalue weighted by Gasteiger charge is 2.22. The minimum absolute atomic E-state index is 0.00825. The van der Waals surface area contributed by atoms with Crippen LogP contribution in [0.2, 0.25) is 0 Å². The van der Waals surface area contributed by atoms with Gasteiger partial charge in [0.25, 0.3) is 0 Å². The van der Waals surface area contributed by atoms with Gasteiger partial charge in [0.15, 0.2) is 0 Å². The molecular weight excluding hydrogens is 683 g/mol. The van der Waals surface area contributed by atoms with Crippen LogP contribution >= 0.6 is 0 Å². The maximum absolute atomic E-state index is 10.7. The zero-order chi connectivity index (χ0) is 37.8. The molecule has 256 valence electrons. The van der Waals surface area contributed by atoms with Crippen molar-refractivity contribution in [1.82, 2.24) is 13.7 Å². The van der Waals surface area contributed by atoms with Crippen LogP contribution in [0.1, 0.15) is 0 Å². The molecule has 0 bridgehead atoms. The summed E-state index contributed by atoms with van der Waals surface area (Å²) in [5.74, 6) is -0.807. The first-order valence-electron chi connectivity index (χ1n) is 18.4. The van der Waals surface area contributed by atoms with Crippen molar-refractivity contribution in [3.8, 4) is 39.7 Å². The van der Waals surface area contributed by atoms with Gasteiger partial charge < -0.3 is 23.9 Å². The van der Waals surface area contributed by atoms with E-state index in [-0.39, 0.29) is 22.1 Å². The average Bonchev–Trinajstić information content (AvgIpc) is 3.88. The van der Waals surface area contributed by atoms with E-state index < -0.39 is 11.5 Å². The second kappa shape index (κ2) is 12.0. The first kappa shape index (κ1) is 32.4. The highest BCUT2D eigenvalue weighted by molar-refractivity contribution is 6.51. The smallest absolute Gasteiger partial charge is 0.124 e. The third kappa shape index (κ3) is 4.41. The van der Waals surface area contributed by atoms with Gasteiger partial charge in [-0.1, -0.05) is 97.1 Å². The van der Waals surface area contributed by atoms with Crippen molar-refractivity contribution in [3.63, 3.8) is 0 Å². The van der Waals surface area contributed by atoms with Crippen molar-refractivity contribution in [1.29, 1.82) is 0 Å². The van der Waals surface area contributed by atoms with Crippen LogP contribution in [0.15, 0.2) is 158 Å². The molecule has 0 fully saturated rings. The summed E-state index contributed by atoms with van der Waals surface area (Å²) in [7, 11) is 18.8. The lowest BCUT2D eigenvalue weighted by Crippen LogP contribution is -2.31. The van der Waals surface area contributed by atoms with E-state index in [0.29, 0.717) is 0 Å². The van der Waals surface area contributed by atoms with Crippen LogP contribution in [0.25, 0.3) is 93.6 Å². The normalized spacial score (nSPS) is 11.9. The average molecular weight is 711 g/mol. The maximum Gasteiger partial charge on any atom is 0.124 e. The van der Waals surface area contributed by atoms with Gasteiger partial charge in [-0.25, -0.2) is 0 Å². The number of fused-ring (bicyclic) bond motifs is 9. The van der Waals surface area contributed by atoms with E-state index in [9.17, 15) is 10.2 Å². The minimum atomic E-state index is -0.403. The van der Waals surface area contributed by atoms with Gasteiger partial charge in [0.1, 0.15) is 35.0 Å². The number of para-hydroxylation sites is 6. The number of nitrogens with zero attached hydrogens (tertiary/aromatic N) is 3. The molecule has 11 rings (SSSR count). The summed E-state index contributed by atoms with van der Waals surface area (Å²) in [5.41, 5.74) is 10.5. The molecule has 0 unspecified atom stereocenters. The molecule has 8 heteroatoms. The van der Waals surface area contributed by atoms with Gasteiger partial charge in [-0.3, -0.25) is 0 Å². The first-order valence-corrected chi connectivity index (χ1v) is 18.4. The molecule has 0 aliphatic carbocycles. The molecule has 0 amide bonds. The number of aromatic nitrogens is 3. The Labute approximate surface area is 325 Å². The van der Waals surface area contributed by atoms with Gasteiger partial charge in [0.2, 0.25) is 0 Å². The summed E-state index contributed by atoms with van der Waals surface area (Å²) >= 11 is 0. The lowest BCUT2D eigenvalue weighted by atomic mass is 9.76. The second-order valence-corrected chi connectivity index (χ2v) is 14.3. The lowest BCUT2D eigenvalue weighted by Gasteiger charge is -2.20. The first-order chi connectivity index (χ1) is 27.4. The van der Waals surface area contributed by atoms with Gasteiger partial charge >= 0.3 is 0 Å². The molecule has 0 atom stereocenters. The third-order valence-corrected chi connectivity index (χ3v) is 11.4. The Morgan fingerprint density at radius 1 is 0.321 bits per heavy atom. The van der Waals surface area contributed by atoms with Gasteiger partial charge in [-0.05, 0) is 88.2 Å². The maximum atomic E-state index is 10.7. The number of benzene rings is 8. The Morgan fingerprint density at radius 2 is 0.643 bits per heavy atom. The molecule has 3 aromatic heterocycles. The Kier molecular flexibility index (Phi) is 6.93. The van der Waals surface area contributed by atoms with E-state index >= 15 is 0 Å². The summed E-state index contributed by atoms with van der Waals surface area (Å²) < 4.78 is 6.65. The van der Waals surface area contributed by atoms with Crippen LogP contribution in [0.5, 0.6) is 11.5 Å². The lowest BCUT2D eigenvalue weighted by molar-refractivity contribution is 0.463. The predicted molar refractivity (Wildman–Crippen MR) is 234 cm³/mol. The molecule has 3 heterocycles. The van der Waals surface area contributed by atoms with Crippen molar-refractivity contribution in [2.24, 2.45) is 0 Å². The Balaban J connectivity index is 1.12. The van der Waals surface area contributed by atoms with E-state index in [4.69, 9.17) is 23.5 Å². The summed E-state index contributed by atoms with van der Waals surface area (Å²) in [4.78, 5) is 0. The second-order valence-electron chi connectivity index (χ2n) is 14.3. The molecule has 0 spiro atoms. The largest absolute Gasteiger partial charge is 0.509 e. The van der Waals surface area contributed by atoms with E-state index in [1.165, 1.54) is 10.8 Å². The third-order valence-electron chi connectivity index (χ3n) is 11.4. The molecule has 5 nitrogen and oxygen atoms in total. The fourth-order valence-corrected chi connectivity index (χ4v) is 8.84. The van der Waals surface area contributed by atoms with E-state index in [2.05, 4.69) is 137 Å². The van der Waals surface area contributed by atoms with Crippen molar-refractivity contribution >= 4 is 105 Å². The van der Waals surface area contributed by atoms with Crippen LogP contribution < -0.4 is 16.4 Å². The summed E-state index contributed by atoms with van der Waals surface area (Å²) in [6.45, 7) is 0. The van der Waals surface area contributed by atoms with Crippen molar-refractivity contribution in [2.45, 2.75) is 0 Å². The highest BCUT2D eigenvalue weighted by Crippen LogP contribution is 2.40. The Morgan fingerprint density at radius 3 is 1.07 bits per heavy atom. The SMILES string of the molecule is [B]c1c(O)c([B])c(-n2c3ccccc3c3cc(-c4ccc5c(c4)c4ccccc4n5-c4ccccc4-n4c5ccccc5c5ccccc54)ccc32)c([B])c1O. The molecule has 56 heavy (non-hydrogen) atoms. The molecule has 0 saturated carbocycles. The Bertz CT molecular complexity index is 3370. The van der Waals surface area contributed by atoms with Gasteiger partial charge in [0, 0.05) is 38.0 Å². The summed E-state index contributed by atoms with van der Waals surface area (Å²) in [5, 5.41) is 28.2. The number of phenols is 2. The molecule has 0 aliphatic rings. The standard InChI is InChI=1S/C48H28B3N3O2/c49-43-46(44(50)48(56)45(51)47(43)55)54-38-18-8-4-14-32(38)34-26-28(22-24-40(34)54)27-21-23-39-33(25-27)31-13-3-7-17-37(31)53(39)42-20-10-9-19-41(42)52-35-15-5-1-11-29(35)30-12-2-6-16-36(30)52/h1-26,55-56H. The highest BCUT2D eigenvalue weighted by atomic mass is 16.3. The fraction of sp³-hybridized carbons (Fsp3) is 0. The molecule has 0 saturated heterocycles. The molecule has 11 aromatic rings. The van der Waals surface area contributed by atoms with Crippen LogP contribution in [-0.2, 0) is 0 Å².